The van der Waals surface area contributed by atoms with Gasteiger partial charge in [0.15, 0.2) is 16.9 Å². The maximum Gasteiger partial charge on any atom is 0.326 e. The van der Waals surface area contributed by atoms with E-state index in [0.29, 0.717) is 11.5 Å². The monoisotopic (exact) mass is 277 g/mol. The Morgan fingerprint density at radius 3 is 2.45 bits per heavy atom. The number of nitriles is 1. The number of hydrogen-bond donors (Lipinski definition) is 0. The zero-order valence-corrected chi connectivity index (χ0v) is 12.2. The first-order valence-electron chi connectivity index (χ1n) is 6.30. The van der Waals surface area contributed by atoms with Crippen LogP contribution >= 0.6 is 0 Å². The molecule has 1 aromatic rings. The second-order valence-corrected chi connectivity index (χ2v) is 4.53. The van der Waals surface area contributed by atoms with Crippen LogP contribution in [-0.2, 0) is 16.0 Å². The Balaban J connectivity index is 3.02. The van der Waals surface area contributed by atoms with Crippen molar-refractivity contribution in [3.63, 3.8) is 0 Å². The number of ether oxygens (including phenoxy) is 3. The number of hydrogen-bond acceptors (Lipinski definition) is 5. The summed E-state index contributed by atoms with van der Waals surface area (Å²) in [4.78, 5) is 11.9. The molecular formula is C15H19NO4. The molecule has 0 N–H and O–H groups in total. The number of methoxy groups -OCH3 is 2. The molecule has 108 valence electrons. The summed E-state index contributed by atoms with van der Waals surface area (Å²) in [5, 5.41) is 9.26. The molecule has 5 nitrogen and oxygen atoms in total. The van der Waals surface area contributed by atoms with Gasteiger partial charge in [0.25, 0.3) is 0 Å². The lowest BCUT2D eigenvalue weighted by molar-refractivity contribution is -0.151. The molecule has 0 aliphatic carbocycles. The summed E-state index contributed by atoms with van der Waals surface area (Å²) >= 11 is 0. The van der Waals surface area contributed by atoms with E-state index >= 15 is 0 Å². The van der Waals surface area contributed by atoms with Crippen LogP contribution in [0.4, 0.5) is 0 Å². The van der Waals surface area contributed by atoms with Crippen molar-refractivity contribution in [2.75, 3.05) is 20.8 Å². The van der Waals surface area contributed by atoms with Crippen molar-refractivity contribution in [2.24, 2.45) is 5.41 Å². The lowest BCUT2D eigenvalue weighted by Gasteiger charge is -2.20. The van der Waals surface area contributed by atoms with Gasteiger partial charge >= 0.3 is 5.97 Å². The van der Waals surface area contributed by atoms with Crippen LogP contribution < -0.4 is 9.47 Å². The topological polar surface area (TPSA) is 68.6 Å². The summed E-state index contributed by atoms with van der Waals surface area (Å²) in [6.07, 6.45) is 0.253. The maximum atomic E-state index is 11.9. The average molecular weight is 277 g/mol. The molecule has 1 rings (SSSR count). The van der Waals surface area contributed by atoms with Gasteiger partial charge in [0.1, 0.15) is 0 Å². The van der Waals surface area contributed by atoms with E-state index in [0.717, 1.165) is 5.56 Å². The van der Waals surface area contributed by atoms with Crippen molar-refractivity contribution < 1.29 is 19.0 Å². The predicted octanol–water partition coefficient (Wildman–Crippen LogP) is 2.34. The molecule has 0 amide bonds. The van der Waals surface area contributed by atoms with Gasteiger partial charge < -0.3 is 14.2 Å². The van der Waals surface area contributed by atoms with Gasteiger partial charge in [0.05, 0.1) is 26.9 Å². The van der Waals surface area contributed by atoms with Crippen LogP contribution in [0.3, 0.4) is 0 Å². The fourth-order valence-electron chi connectivity index (χ4n) is 1.85. The molecule has 5 heteroatoms. The summed E-state index contributed by atoms with van der Waals surface area (Å²) in [5.74, 6) is 0.650. The Kier molecular flexibility index (Phi) is 5.39. The third-order valence-electron chi connectivity index (χ3n) is 2.98. The number of benzene rings is 1. The second-order valence-electron chi connectivity index (χ2n) is 4.53. The van der Waals surface area contributed by atoms with Gasteiger partial charge in [-0.25, -0.2) is 0 Å². The van der Waals surface area contributed by atoms with Crippen LogP contribution in [0.5, 0.6) is 11.5 Å². The number of nitrogens with zero attached hydrogens (tertiary/aromatic N) is 1. The summed E-state index contributed by atoms with van der Waals surface area (Å²) in [7, 11) is 3.09. The van der Waals surface area contributed by atoms with E-state index in [4.69, 9.17) is 14.2 Å². The fourth-order valence-corrected chi connectivity index (χ4v) is 1.85. The lowest BCUT2D eigenvalue weighted by atomic mass is 9.85. The van der Waals surface area contributed by atoms with Crippen LogP contribution in [0.15, 0.2) is 18.2 Å². The second kappa shape index (κ2) is 6.80. The highest BCUT2D eigenvalue weighted by molar-refractivity contribution is 5.80. The van der Waals surface area contributed by atoms with Crippen molar-refractivity contribution >= 4 is 5.97 Å². The number of rotatable bonds is 6. The molecule has 0 aliphatic heterocycles. The average Bonchev–Trinajstić information content (AvgIpc) is 2.47. The van der Waals surface area contributed by atoms with Gasteiger partial charge in [-0.1, -0.05) is 6.07 Å². The maximum absolute atomic E-state index is 11.9. The van der Waals surface area contributed by atoms with Crippen LogP contribution in [0.2, 0.25) is 0 Å². The first-order valence-corrected chi connectivity index (χ1v) is 6.30. The summed E-state index contributed by atoms with van der Waals surface area (Å²) in [6.45, 7) is 3.54. The van der Waals surface area contributed by atoms with E-state index in [1.165, 1.54) is 7.11 Å². The highest BCUT2D eigenvalue weighted by Crippen LogP contribution is 2.31. The summed E-state index contributed by atoms with van der Waals surface area (Å²) in [6, 6.07) is 7.34. The van der Waals surface area contributed by atoms with Gasteiger partial charge in [-0.05, 0) is 31.5 Å². The molecule has 1 unspecified atom stereocenters. The van der Waals surface area contributed by atoms with Crippen molar-refractivity contribution in [1.29, 1.82) is 5.26 Å². The van der Waals surface area contributed by atoms with E-state index in [-0.39, 0.29) is 13.0 Å². The Bertz CT molecular complexity index is 521. The highest BCUT2D eigenvalue weighted by Gasteiger charge is 2.35. The smallest absolute Gasteiger partial charge is 0.326 e. The number of carbonyl (C=O) groups is 1. The Morgan fingerprint density at radius 1 is 1.30 bits per heavy atom. The number of esters is 1. The third kappa shape index (κ3) is 3.41. The van der Waals surface area contributed by atoms with Crippen LogP contribution in [0.25, 0.3) is 0 Å². The molecule has 0 aliphatic rings. The summed E-state index contributed by atoms with van der Waals surface area (Å²) in [5.41, 5.74) is -0.407. The molecule has 0 bridgehead atoms. The van der Waals surface area contributed by atoms with Crippen LogP contribution in [-0.4, -0.2) is 26.8 Å². The van der Waals surface area contributed by atoms with Crippen molar-refractivity contribution in [2.45, 2.75) is 20.3 Å². The molecule has 0 saturated heterocycles. The van der Waals surface area contributed by atoms with E-state index in [1.807, 2.05) is 6.07 Å². The van der Waals surface area contributed by atoms with Gasteiger partial charge in [0, 0.05) is 6.42 Å². The molecule has 1 aromatic carbocycles. The minimum atomic E-state index is -1.21. The fraction of sp³-hybridized carbons (Fsp3) is 0.467. The standard InChI is InChI=1S/C15H19NO4/c1-5-20-14(17)15(2,10-16)9-11-6-7-12(18-3)13(8-11)19-4/h6-8H,5,9H2,1-4H3. The van der Waals surface area contributed by atoms with Crippen LogP contribution in [0, 0.1) is 16.7 Å². The SMILES string of the molecule is CCOC(=O)C(C)(C#N)Cc1ccc(OC)c(OC)c1. The first kappa shape index (κ1) is 15.8. The normalized spacial score (nSPS) is 12.9. The molecule has 0 heterocycles. The molecular weight excluding hydrogens is 258 g/mol. The van der Waals surface area contributed by atoms with Crippen molar-refractivity contribution in [3.05, 3.63) is 23.8 Å². The van der Waals surface area contributed by atoms with Gasteiger partial charge in [-0.2, -0.15) is 5.26 Å². The quantitative estimate of drug-likeness (QED) is 0.746. The molecule has 0 aromatic heterocycles. The van der Waals surface area contributed by atoms with E-state index in [1.54, 1.807) is 39.2 Å². The first-order chi connectivity index (χ1) is 9.50. The lowest BCUT2D eigenvalue weighted by Crippen LogP contribution is -2.30. The molecule has 0 fully saturated rings. The Labute approximate surface area is 119 Å². The predicted molar refractivity (Wildman–Crippen MR) is 73.6 cm³/mol. The Morgan fingerprint density at radius 2 is 1.95 bits per heavy atom. The van der Waals surface area contributed by atoms with Crippen LogP contribution in [0.1, 0.15) is 19.4 Å². The van der Waals surface area contributed by atoms with Gasteiger partial charge in [-0.15, -0.1) is 0 Å². The molecule has 1 atom stereocenters. The number of carbonyl (C=O) groups excluding carboxylic acids is 1. The molecule has 0 saturated carbocycles. The van der Waals surface area contributed by atoms with Crippen molar-refractivity contribution in [1.82, 2.24) is 0 Å². The zero-order valence-electron chi connectivity index (χ0n) is 12.2. The largest absolute Gasteiger partial charge is 0.493 e. The molecule has 20 heavy (non-hydrogen) atoms. The van der Waals surface area contributed by atoms with Gasteiger partial charge in [0.2, 0.25) is 0 Å². The van der Waals surface area contributed by atoms with Crippen molar-refractivity contribution in [3.8, 4) is 17.6 Å². The highest BCUT2D eigenvalue weighted by atomic mass is 16.5. The minimum absolute atomic E-state index is 0.252. The zero-order chi connectivity index (χ0) is 15.2. The minimum Gasteiger partial charge on any atom is -0.493 e. The summed E-state index contributed by atoms with van der Waals surface area (Å²) < 4.78 is 15.3. The van der Waals surface area contributed by atoms with E-state index in [9.17, 15) is 10.1 Å². The van der Waals surface area contributed by atoms with E-state index < -0.39 is 11.4 Å². The molecule has 0 spiro atoms. The van der Waals surface area contributed by atoms with Gasteiger partial charge in [-0.3, -0.25) is 4.79 Å². The Hall–Kier alpha value is -2.22. The third-order valence-corrected chi connectivity index (χ3v) is 2.98. The van der Waals surface area contributed by atoms with E-state index in [2.05, 4.69) is 0 Å². The molecule has 0 radical (unpaired) electrons.